The van der Waals surface area contributed by atoms with Gasteiger partial charge >= 0.3 is 0 Å². The van der Waals surface area contributed by atoms with Crippen molar-refractivity contribution in [2.45, 2.75) is 42.6 Å². The van der Waals surface area contributed by atoms with E-state index < -0.39 is 4.92 Å². The molecule has 4 rings (SSSR count). The second-order valence-corrected chi connectivity index (χ2v) is 7.53. The first kappa shape index (κ1) is 19.1. The van der Waals surface area contributed by atoms with Crippen molar-refractivity contribution in [3.05, 3.63) is 46.1 Å². The number of nitro groups is 1. The van der Waals surface area contributed by atoms with E-state index >= 15 is 0 Å². The minimum absolute atomic E-state index is 0.00483. The highest BCUT2D eigenvalue weighted by atomic mass is 32.2. The number of hydrogen-bond acceptors (Lipinski definition) is 9. The van der Waals surface area contributed by atoms with Crippen LogP contribution in [0, 0.1) is 10.1 Å². The fraction of sp³-hybridized carbons (Fsp3) is 0.353. The summed E-state index contributed by atoms with van der Waals surface area (Å²) in [6.45, 7) is 0.439. The standard InChI is InChI=1S/C17H17N7O4S/c18-13(25)7-8-23-16(11-1-2-11)20-21-17(23)29-9-14-19-15(22-28-14)10-3-5-12(6-4-10)24(26)27/h3-6,11H,1-2,7-9H2,(H2,18,25). The Hall–Kier alpha value is -3.28. The number of hydrogen-bond donors (Lipinski definition) is 1. The zero-order valence-electron chi connectivity index (χ0n) is 15.2. The summed E-state index contributed by atoms with van der Waals surface area (Å²) in [6.07, 6.45) is 2.36. The monoisotopic (exact) mass is 415 g/mol. The molecule has 1 fully saturated rings. The van der Waals surface area contributed by atoms with Crippen molar-refractivity contribution in [1.82, 2.24) is 24.9 Å². The van der Waals surface area contributed by atoms with Gasteiger partial charge in [-0.3, -0.25) is 14.9 Å². The number of carbonyl (C=O) groups is 1. The first-order valence-corrected chi connectivity index (χ1v) is 9.91. The quantitative estimate of drug-likeness (QED) is 0.314. The van der Waals surface area contributed by atoms with E-state index in [1.54, 1.807) is 12.1 Å². The van der Waals surface area contributed by atoms with E-state index in [9.17, 15) is 14.9 Å². The van der Waals surface area contributed by atoms with E-state index in [0.717, 1.165) is 18.7 Å². The van der Waals surface area contributed by atoms with Crippen molar-refractivity contribution in [1.29, 1.82) is 0 Å². The summed E-state index contributed by atoms with van der Waals surface area (Å²) in [5, 5.41) is 23.8. The topological polar surface area (TPSA) is 156 Å². The van der Waals surface area contributed by atoms with Gasteiger partial charge < -0.3 is 14.8 Å². The SMILES string of the molecule is NC(=O)CCn1c(SCc2nc(-c3ccc([N+](=O)[O-])cc3)no2)nnc1C1CC1. The van der Waals surface area contributed by atoms with Crippen LogP contribution in [-0.2, 0) is 17.1 Å². The molecule has 150 valence electrons. The summed E-state index contributed by atoms with van der Waals surface area (Å²) < 4.78 is 7.21. The molecule has 1 aliphatic carbocycles. The highest BCUT2D eigenvalue weighted by Crippen LogP contribution is 2.40. The molecule has 1 aromatic carbocycles. The molecule has 2 N–H and O–H groups in total. The number of nitrogens with two attached hydrogens (primary N) is 1. The zero-order valence-corrected chi connectivity index (χ0v) is 16.0. The lowest BCUT2D eigenvalue weighted by Gasteiger charge is -2.07. The lowest BCUT2D eigenvalue weighted by atomic mass is 10.2. The normalized spacial score (nSPS) is 13.5. The van der Waals surface area contributed by atoms with Crippen LogP contribution in [-0.4, -0.2) is 35.7 Å². The highest BCUT2D eigenvalue weighted by Gasteiger charge is 2.30. The Morgan fingerprint density at radius 3 is 2.72 bits per heavy atom. The van der Waals surface area contributed by atoms with E-state index in [4.69, 9.17) is 10.3 Å². The molecule has 0 atom stereocenters. The number of primary amides is 1. The maximum Gasteiger partial charge on any atom is 0.269 e. The van der Waals surface area contributed by atoms with Gasteiger partial charge in [-0.05, 0) is 25.0 Å². The molecule has 3 aromatic rings. The first-order valence-electron chi connectivity index (χ1n) is 8.93. The zero-order chi connectivity index (χ0) is 20.4. The van der Waals surface area contributed by atoms with Crippen molar-refractivity contribution >= 4 is 23.4 Å². The summed E-state index contributed by atoms with van der Waals surface area (Å²) in [7, 11) is 0. The number of benzene rings is 1. The molecule has 0 unspecified atom stereocenters. The van der Waals surface area contributed by atoms with Gasteiger partial charge in [0.1, 0.15) is 5.82 Å². The Morgan fingerprint density at radius 1 is 1.31 bits per heavy atom. The van der Waals surface area contributed by atoms with E-state index in [0.29, 0.717) is 40.7 Å². The van der Waals surface area contributed by atoms with Gasteiger partial charge in [-0.1, -0.05) is 16.9 Å². The summed E-state index contributed by atoms with van der Waals surface area (Å²) in [6, 6.07) is 5.92. The fourth-order valence-electron chi connectivity index (χ4n) is 2.77. The number of rotatable bonds is 9. The predicted octanol–water partition coefficient (Wildman–Crippen LogP) is 2.28. The van der Waals surface area contributed by atoms with E-state index in [2.05, 4.69) is 20.3 Å². The summed E-state index contributed by atoms with van der Waals surface area (Å²) in [4.78, 5) is 25.8. The molecule has 1 amide bonds. The molecule has 11 nitrogen and oxygen atoms in total. The summed E-state index contributed by atoms with van der Waals surface area (Å²) >= 11 is 1.38. The van der Waals surface area contributed by atoms with Crippen LogP contribution in [0.5, 0.6) is 0 Å². The van der Waals surface area contributed by atoms with Gasteiger partial charge in [-0.25, -0.2) is 0 Å². The van der Waals surface area contributed by atoms with Crippen molar-refractivity contribution in [2.75, 3.05) is 0 Å². The van der Waals surface area contributed by atoms with Crippen molar-refractivity contribution in [3.63, 3.8) is 0 Å². The fourth-order valence-corrected chi connectivity index (χ4v) is 3.58. The van der Waals surface area contributed by atoms with Crippen LogP contribution in [0.15, 0.2) is 33.9 Å². The number of amides is 1. The van der Waals surface area contributed by atoms with Gasteiger partial charge in [-0.15, -0.1) is 10.2 Å². The second kappa shape index (κ2) is 7.99. The minimum Gasteiger partial charge on any atom is -0.370 e. The van der Waals surface area contributed by atoms with Crippen molar-refractivity contribution in [2.24, 2.45) is 5.73 Å². The minimum atomic E-state index is -0.466. The lowest BCUT2D eigenvalue weighted by molar-refractivity contribution is -0.384. The Kier molecular flexibility index (Phi) is 5.25. The Morgan fingerprint density at radius 2 is 2.07 bits per heavy atom. The molecular formula is C17H17N7O4S. The van der Waals surface area contributed by atoms with E-state index in [1.165, 1.54) is 23.9 Å². The summed E-state index contributed by atoms with van der Waals surface area (Å²) in [5.41, 5.74) is 5.90. The lowest BCUT2D eigenvalue weighted by Crippen LogP contribution is -2.15. The average molecular weight is 415 g/mol. The van der Waals surface area contributed by atoms with Crippen molar-refractivity contribution < 1.29 is 14.2 Å². The summed E-state index contributed by atoms with van der Waals surface area (Å²) in [5.74, 6) is 2.01. The molecule has 0 aliphatic heterocycles. The van der Waals surface area contributed by atoms with Gasteiger partial charge in [0.05, 0.1) is 10.7 Å². The Bertz CT molecular complexity index is 1040. The van der Waals surface area contributed by atoms with Gasteiger partial charge in [0.2, 0.25) is 17.6 Å². The third-order valence-electron chi connectivity index (χ3n) is 4.40. The van der Waals surface area contributed by atoms with Crippen LogP contribution in [0.25, 0.3) is 11.4 Å². The third kappa shape index (κ3) is 4.42. The van der Waals surface area contributed by atoms with Crippen LogP contribution in [0.1, 0.15) is 36.9 Å². The molecule has 0 radical (unpaired) electrons. The molecule has 0 spiro atoms. The molecule has 29 heavy (non-hydrogen) atoms. The number of non-ortho nitro benzene ring substituents is 1. The van der Waals surface area contributed by atoms with Gasteiger partial charge in [0.25, 0.3) is 5.69 Å². The molecule has 1 saturated carbocycles. The highest BCUT2D eigenvalue weighted by molar-refractivity contribution is 7.98. The Balaban J connectivity index is 1.44. The number of carbonyl (C=O) groups excluding carboxylic acids is 1. The van der Waals surface area contributed by atoms with E-state index in [-0.39, 0.29) is 18.0 Å². The maximum absolute atomic E-state index is 11.2. The van der Waals surface area contributed by atoms with Crippen LogP contribution < -0.4 is 5.73 Å². The van der Waals surface area contributed by atoms with Crippen LogP contribution in [0.2, 0.25) is 0 Å². The maximum atomic E-state index is 11.2. The van der Waals surface area contributed by atoms with Crippen molar-refractivity contribution in [3.8, 4) is 11.4 Å². The molecule has 0 bridgehead atoms. The molecular weight excluding hydrogens is 398 g/mol. The number of nitrogens with zero attached hydrogens (tertiary/aromatic N) is 6. The smallest absolute Gasteiger partial charge is 0.269 e. The number of aromatic nitrogens is 5. The number of nitro benzene ring substituents is 1. The molecule has 2 aromatic heterocycles. The van der Waals surface area contributed by atoms with Gasteiger partial charge in [0, 0.05) is 36.6 Å². The first-order chi connectivity index (χ1) is 14.0. The van der Waals surface area contributed by atoms with E-state index in [1.807, 2.05) is 4.57 Å². The molecule has 12 heteroatoms. The van der Waals surface area contributed by atoms with Gasteiger partial charge in [-0.2, -0.15) is 4.98 Å². The van der Waals surface area contributed by atoms with Crippen LogP contribution >= 0.6 is 11.8 Å². The Labute approximate surface area is 168 Å². The molecule has 2 heterocycles. The average Bonchev–Trinajstić information content (AvgIpc) is 3.30. The largest absolute Gasteiger partial charge is 0.370 e. The third-order valence-corrected chi connectivity index (χ3v) is 5.35. The van der Waals surface area contributed by atoms with Crippen LogP contribution in [0.4, 0.5) is 5.69 Å². The second-order valence-electron chi connectivity index (χ2n) is 6.59. The number of thioether (sulfide) groups is 1. The van der Waals surface area contributed by atoms with Gasteiger partial charge in [0.15, 0.2) is 5.16 Å². The van der Waals surface area contributed by atoms with Crippen LogP contribution in [0.3, 0.4) is 0 Å². The predicted molar refractivity (Wildman–Crippen MR) is 102 cm³/mol. The molecule has 0 saturated heterocycles. The molecule has 1 aliphatic rings.